The van der Waals surface area contributed by atoms with E-state index in [1.54, 1.807) is 6.07 Å². The van der Waals surface area contributed by atoms with Crippen LogP contribution in [-0.2, 0) is 6.18 Å². The smallest absolute Gasteiger partial charge is 0.363 e. The van der Waals surface area contributed by atoms with E-state index in [-0.39, 0.29) is 11.4 Å². The van der Waals surface area contributed by atoms with Crippen molar-refractivity contribution in [2.45, 2.75) is 43.8 Å². The minimum absolute atomic E-state index is 0.248. The highest BCUT2D eigenvalue weighted by atomic mass is 35.5. The Morgan fingerprint density at radius 3 is 2.47 bits per heavy atom. The molecule has 6 heteroatoms. The normalized spacial score (nSPS) is 19.2. The molecule has 1 heterocycles. The highest BCUT2D eigenvalue weighted by Crippen LogP contribution is 2.33. The molecule has 0 saturated heterocycles. The minimum Gasteiger partial charge on any atom is -0.363 e. The van der Waals surface area contributed by atoms with Crippen molar-refractivity contribution >= 4 is 17.4 Å². The Kier molecular flexibility index (Phi) is 4.23. The highest BCUT2D eigenvalue weighted by molar-refractivity contribution is 6.18. The largest absolute Gasteiger partial charge is 0.433 e. The van der Waals surface area contributed by atoms with Crippen molar-refractivity contribution in [3.8, 4) is 0 Å². The van der Waals surface area contributed by atoms with Crippen molar-refractivity contribution in [1.29, 1.82) is 0 Å². The van der Waals surface area contributed by atoms with Crippen molar-refractivity contribution in [2.75, 3.05) is 11.2 Å². The number of rotatable bonds is 3. The number of halogens is 4. The fourth-order valence-electron chi connectivity index (χ4n) is 2.45. The van der Waals surface area contributed by atoms with E-state index in [0.29, 0.717) is 5.88 Å². The SMILES string of the molecule is FC(F)(F)c1cccc(NC2(CCl)CCCCC2)n1. The lowest BCUT2D eigenvalue weighted by Gasteiger charge is -2.37. The van der Waals surface area contributed by atoms with Crippen LogP contribution in [-0.4, -0.2) is 16.4 Å². The van der Waals surface area contributed by atoms with Gasteiger partial charge in [-0.3, -0.25) is 0 Å². The third-order valence-electron chi connectivity index (χ3n) is 3.50. The van der Waals surface area contributed by atoms with Crippen LogP contribution in [0.5, 0.6) is 0 Å². The quantitative estimate of drug-likeness (QED) is 0.832. The minimum atomic E-state index is -4.42. The fraction of sp³-hybridized carbons (Fsp3) is 0.615. The zero-order valence-electron chi connectivity index (χ0n) is 10.4. The van der Waals surface area contributed by atoms with Crippen LogP contribution in [0.1, 0.15) is 37.8 Å². The molecule has 0 amide bonds. The number of nitrogens with zero attached hydrogens (tertiary/aromatic N) is 1. The third kappa shape index (κ3) is 3.53. The Hall–Kier alpha value is -0.970. The van der Waals surface area contributed by atoms with Crippen LogP contribution in [0.25, 0.3) is 0 Å². The molecular formula is C13H16ClF3N2. The molecule has 1 saturated carbocycles. The molecule has 1 aliphatic rings. The number of anilines is 1. The summed E-state index contributed by atoms with van der Waals surface area (Å²) in [4.78, 5) is 3.64. The topological polar surface area (TPSA) is 24.9 Å². The van der Waals surface area contributed by atoms with Gasteiger partial charge in [0.05, 0.1) is 5.54 Å². The molecule has 0 unspecified atom stereocenters. The maximum atomic E-state index is 12.6. The molecule has 1 aromatic rings. The summed E-state index contributed by atoms with van der Waals surface area (Å²) in [7, 11) is 0. The summed E-state index contributed by atoms with van der Waals surface area (Å²) >= 11 is 6.00. The number of alkyl halides is 4. The van der Waals surface area contributed by atoms with Gasteiger partial charge in [0.25, 0.3) is 0 Å². The number of aromatic nitrogens is 1. The van der Waals surface area contributed by atoms with Crippen LogP contribution in [0.2, 0.25) is 0 Å². The van der Waals surface area contributed by atoms with E-state index < -0.39 is 11.9 Å². The van der Waals surface area contributed by atoms with Crippen molar-refractivity contribution in [3.63, 3.8) is 0 Å². The molecule has 1 aliphatic carbocycles. The lowest BCUT2D eigenvalue weighted by atomic mass is 9.83. The van der Waals surface area contributed by atoms with Gasteiger partial charge in [-0.05, 0) is 25.0 Å². The second-order valence-electron chi connectivity index (χ2n) is 5.01. The molecule has 0 radical (unpaired) electrons. The molecule has 2 rings (SSSR count). The van der Waals surface area contributed by atoms with Gasteiger partial charge in [-0.25, -0.2) is 4.98 Å². The Balaban J connectivity index is 2.18. The third-order valence-corrected chi connectivity index (χ3v) is 4.01. The van der Waals surface area contributed by atoms with Crippen LogP contribution in [0.3, 0.4) is 0 Å². The first-order chi connectivity index (χ1) is 8.95. The zero-order valence-corrected chi connectivity index (χ0v) is 11.2. The number of hydrogen-bond acceptors (Lipinski definition) is 2. The van der Waals surface area contributed by atoms with Gasteiger partial charge in [-0.2, -0.15) is 13.2 Å². The summed E-state index contributed by atoms with van der Waals surface area (Å²) in [6.07, 6.45) is 0.551. The van der Waals surface area contributed by atoms with Gasteiger partial charge >= 0.3 is 6.18 Å². The second kappa shape index (κ2) is 5.57. The average Bonchev–Trinajstić information content (AvgIpc) is 2.39. The van der Waals surface area contributed by atoms with Gasteiger partial charge in [-0.1, -0.05) is 25.3 Å². The van der Waals surface area contributed by atoms with Crippen molar-refractivity contribution in [2.24, 2.45) is 0 Å². The van der Waals surface area contributed by atoms with Gasteiger partial charge in [-0.15, -0.1) is 11.6 Å². The molecule has 0 bridgehead atoms. The maximum absolute atomic E-state index is 12.6. The maximum Gasteiger partial charge on any atom is 0.433 e. The number of hydrogen-bond donors (Lipinski definition) is 1. The first kappa shape index (κ1) is 14.4. The monoisotopic (exact) mass is 292 g/mol. The summed E-state index contributed by atoms with van der Waals surface area (Å²) in [6, 6.07) is 3.89. The molecule has 1 N–H and O–H groups in total. The standard InChI is InChI=1S/C13H16ClF3N2/c14-9-12(7-2-1-3-8-12)19-11-6-4-5-10(18-11)13(15,16)17/h4-6H,1-3,7-9H2,(H,18,19). The van der Waals surface area contributed by atoms with Crippen molar-refractivity contribution in [1.82, 2.24) is 4.98 Å². The first-order valence-electron chi connectivity index (χ1n) is 6.34. The van der Waals surface area contributed by atoms with Gasteiger partial charge in [0.1, 0.15) is 11.5 Å². The van der Waals surface area contributed by atoms with Crippen molar-refractivity contribution < 1.29 is 13.2 Å². The molecule has 1 fully saturated rings. The van der Waals surface area contributed by atoms with E-state index in [4.69, 9.17) is 11.6 Å². The highest BCUT2D eigenvalue weighted by Gasteiger charge is 2.34. The average molecular weight is 293 g/mol. The Morgan fingerprint density at radius 1 is 1.21 bits per heavy atom. The van der Waals surface area contributed by atoms with E-state index in [1.807, 2.05) is 0 Å². The summed E-state index contributed by atoms with van der Waals surface area (Å²) < 4.78 is 37.8. The van der Waals surface area contributed by atoms with Crippen LogP contribution >= 0.6 is 11.6 Å². The summed E-state index contributed by atoms with van der Waals surface area (Å²) in [5.41, 5.74) is -1.20. The number of pyridine rings is 1. The number of nitrogens with one attached hydrogen (secondary N) is 1. The molecule has 19 heavy (non-hydrogen) atoms. The zero-order chi connectivity index (χ0) is 13.9. The lowest BCUT2D eigenvalue weighted by Crippen LogP contribution is -2.42. The van der Waals surface area contributed by atoms with Gasteiger partial charge in [0, 0.05) is 5.88 Å². The van der Waals surface area contributed by atoms with E-state index in [1.165, 1.54) is 6.07 Å². The van der Waals surface area contributed by atoms with E-state index in [2.05, 4.69) is 10.3 Å². The molecule has 106 valence electrons. The first-order valence-corrected chi connectivity index (χ1v) is 6.87. The molecule has 0 atom stereocenters. The lowest BCUT2D eigenvalue weighted by molar-refractivity contribution is -0.141. The Morgan fingerprint density at radius 2 is 1.89 bits per heavy atom. The predicted molar refractivity (Wildman–Crippen MR) is 69.4 cm³/mol. The molecule has 1 aromatic heterocycles. The summed E-state index contributed by atoms with van der Waals surface area (Å²) in [6.45, 7) is 0. The van der Waals surface area contributed by atoms with E-state index in [9.17, 15) is 13.2 Å². The molecule has 2 nitrogen and oxygen atoms in total. The van der Waals surface area contributed by atoms with Gasteiger partial charge in [0.15, 0.2) is 0 Å². The van der Waals surface area contributed by atoms with Gasteiger partial charge < -0.3 is 5.32 Å². The molecule has 0 spiro atoms. The predicted octanol–water partition coefficient (Wildman–Crippen LogP) is 4.45. The summed E-state index contributed by atoms with van der Waals surface area (Å²) in [5.74, 6) is 0.627. The van der Waals surface area contributed by atoms with E-state index in [0.717, 1.165) is 38.2 Å². The van der Waals surface area contributed by atoms with Crippen LogP contribution in [0.15, 0.2) is 18.2 Å². The molecular weight excluding hydrogens is 277 g/mol. The van der Waals surface area contributed by atoms with Crippen molar-refractivity contribution in [3.05, 3.63) is 23.9 Å². The Labute approximate surface area is 115 Å². The van der Waals surface area contributed by atoms with Crippen LogP contribution in [0.4, 0.5) is 19.0 Å². The van der Waals surface area contributed by atoms with Gasteiger partial charge in [0.2, 0.25) is 0 Å². The Bertz CT molecular complexity index is 428. The van der Waals surface area contributed by atoms with E-state index >= 15 is 0 Å². The fourth-order valence-corrected chi connectivity index (χ4v) is 2.79. The molecule has 0 aromatic carbocycles. The van der Waals surface area contributed by atoms with Crippen LogP contribution in [0, 0.1) is 0 Å². The summed E-state index contributed by atoms with van der Waals surface area (Å²) in [5, 5.41) is 3.11. The second-order valence-corrected chi connectivity index (χ2v) is 5.27. The molecule has 0 aliphatic heterocycles. The van der Waals surface area contributed by atoms with Crippen LogP contribution < -0.4 is 5.32 Å².